The highest BCUT2D eigenvalue weighted by Gasteiger charge is 2.16. The van der Waals surface area contributed by atoms with Gasteiger partial charge in [-0.2, -0.15) is 0 Å². The molecule has 1 saturated carbocycles. The first kappa shape index (κ1) is 13.3. The topological polar surface area (TPSA) is 17.1 Å². The second-order valence-electron chi connectivity index (χ2n) is 5.77. The van der Waals surface area contributed by atoms with E-state index in [9.17, 15) is 4.79 Å². The molecule has 2 rings (SSSR count). The monoisotopic (exact) mass is 244 g/mol. The van der Waals surface area contributed by atoms with Gasteiger partial charge in [0.15, 0.2) is 0 Å². The van der Waals surface area contributed by atoms with E-state index in [4.69, 9.17) is 0 Å². The van der Waals surface area contributed by atoms with E-state index in [1.807, 2.05) is 0 Å². The third kappa shape index (κ3) is 3.44. The molecule has 0 saturated heterocycles. The van der Waals surface area contributed by atoms with Gasteiger partial charge in [-0.05, 0) is 42.9 Å². The fourth-order valence-corrected chi connectivity index (χ4v) is 3.08. The highest BCUT2D eigenvalue weighted by atomic mass is 16.1. The Balaban J connectivity index is 1.86. The lowest BCUT2D eigenvalue weighted by atomic mass is 9.94. The van der Waals surface area contributed by atoms with Crippen LogP contribution in [0.3, 0.4) is 0 Å². The molecule has 1 aliphatic rings. The van der Waals surface area contributed by atoms with Gasteiger partial charge < -0.3 is 0 Å². The molecule has 0 aromatic heterocycles. The van der Waals surface area contributed by atoms with Crippen LogP contribution in [0, 0.1) is 19.8 Å². The van der Waals surface area contributed by atoms with E-state index in [-0.39, 0.29) is 0 Å². The molecule has 0 atom stereocenters. The molecule has 98 valence electrons. The van der Waals surface area contributed by atoms with Crippen LogP contribution in [0.4, 0.5) is 0 Å². The molecule has 1 fully saturated rings. The van der Waals surface area contributed by atoms with E-state index in [1.54, 1.807) is 0 Å². The molecule has 1 aliphatic carbocycles. The van der Waals surface area contributed by atoms with Gasteiger partial charge in [-0.15, -0.1) is 0 Å². The summed E-state index contributed by atoms with van der Waals surface area (Å²) in [4.78, 5) is 12.1. The zero-order valence-electron chi connectivity index (χ0n) is 11.7. The lowest BCUT2D eigenvalue weighted by Crippen LogP contribution is -2.07. The highest BCUT2D eigenvalue weighted by molar-refractivity contribution is 5.81. The van der Waals surface area contributed by atoms with Gasteiger partial charge in [0.1, 0.15) is 5.78 Å². The van der Waals surface area contributed by atoms with Gasteiger partial charge >= 0.3 is 0 Å². The number of aryl methyl sites for hydroxylation is 2. The molecule has 0 bridgehead atoms. The first-order chi connectivity index (χ1) is 8.66. The molecule has 0 spiro atoms. The smallest absolute Gasteiger partial charge is 0.137 e. The van der Waals surface area contributed by atoms with E-state index in [1.165, 1.54) is 42.4 Å². The number of rotatable bonds is 5. The Kier molecular flexibility index (Phi) is 4.57. The number of carbonyl (C=O) groups is 1. The molecule has 0 amide bonds. The fraction of sp³-hybridized carbons (Fsp3) is 0.588. The van der Waals surface area contributed by atoms with Gasteiger partial charge in [-0.1, -0.05) is 43.9 Å². The molecular weight excluding hydrogens is 220 g/mol. The summed E-state index contributed by atoms with van der Waals surface area (Å²) in [5.74, 6) is 1.24. The van der Waals surface area contributed by atoms with Crippen molar-refractivity contribution < 1.29 is 4.79 Å². The molecule has 0 heterocycles. The lowest BCUT2D eigenvalue weighted by molar-refractivity contribution is -0.118. The summed E-state index contributed by atoms with van der Waals surface area (Å²) < 4.78 is 0. The van der Waals surface area contributed by atoms with E-state index in [0.29, 0.717) is 12.2 Å². The second-order valence-corrected chi connectivity index (χ2v) is 5.77. The van der Waals surface area contributed by atoms with Crippen molar-refractivity contribution in [2.24, 2.45) is 5.92 Å². The summed E-state index contributed by atoms with van der Waals surface area (Å²) in [7, 11) is 0. The summed E-state index contributed by atoms with van der Waals surface area (Å²) in [5, 5.41) is 0. The van der Waals surface area contributed by atoms with Crippen molar-refractivity contribution in [1.29, 1.82) is 0 Å². The summed E-state index contributed by atoms with van der Waals surface area (Å²) in [6, 6.07) is 6.27. The first-order valence-corrected chi connectivity index (χ1v) is 7.23. The van der Waals surface area contributed by atoms with E-state index >= 15 is 0 Å². The lowest BCUT2D eigenvalue weighted by Gasteiger charge is -2.10. The standard InChI is InChI=1S/C17H24O/c1-13-6-5-7-14(2)17(13)12-16(18)11-10-15-8-3-4-9-15/h5-7,15H,3-4,8-12H2,1-2H3. The van der Waals surface area contributed by atoms with Crippen LogP contribution in [0.1, 0.15) is 55.2 Å². The maximum absolute atomic E-state index is 12.1. The third-order valence-corrected chi connectivity index (χ3v) is 4.32. The summed E-state index contributed by atoms with van der Waals surface area (Å²) in [6.07, 6.45) is 7.95. The molecular formula is C17H24O. The van der Waals surface area contributed by atoms with Crippen LogP contribution in [-0.4, -0.2) is 5.78 Å². The average molecular weight is 244 g/mol. The first-order valence-electron chi connectivity index (χ1n) is 7.23. The van der Waals surface area contributed by atoms with Gasteiger partial charge in [-0.25, -0.2) is 0 Å². The molecule has 0 N–H and O–H groups in total. The predicted molar refractivity (Wildman–Crippen MR) is 75.8 cm³/mol. The van der Waals surface area contributed by atoms with E-state index in [0.717, 1.165) is 18.8 Å². The van der Waals surface area contributed by atoms with Gasteiger partial charge in [-0.3, -0.25) is 4.79 Å². The van der Waals surface area contributed by atoms with E-state index < -0.39 is 0 Å². The second kappa shape index (κ2) is 6.17. The minimum absolute atomic E-state index is 0.416. The number of benzene rings is 1. The van der Waals surface area contributed by atoms with Gasteiger partial charge in [0, 0.05) is 12.8 Å². The molecule has 0 radical (unpaired) electrons. The Labute approximate surface area is 111 Å². The van der Waals surface area contributed by atoms with Crippen LogP contribution in [0.5, 0.6) is 0 Å². The number of ketones is 1. The summed E-state index contributed by atoms with van der Waals surface area (Å²) in [5.41, 5.74) is 3.75. The number of hydrogen-bond acceptors (Lipinski definition) is 1. The Bertz CT molecular complexity index is 393. The minimum Gasteiger partial charge on any atom is -0.299 e. The predicted octanol–water partition coefficient (Wildman–Crippen LogP) is 4.39. The van der Waals surface area contributed by atoms with Gasteiger partial charge in [0.05, 0.1) is 0 Å². The Morgan fingerprint density at radius 2 is 1.78 bits per heavy atom. The normalized spacial score (nSPS) is 16.1. The summed E-state index contributed by atoms with van der Waals surface area (Å²) in [6.45, 7) is 4.21. The van der Waals surface area contributed by atoms with Crippen LogP contribution >= 0.6 is 0 Å². The molecule has 0 unspecified atom stereocenters. The molecule has 1 nitrogen and oxygen atoms in total. The van der Waals surface area contributed by atoms with Crippen LogP contribution in [0.25, 0.3) is 0 Å². The van der Waals surface area contributed by atoms with Crippen molar-refractivity contribution in [2.75, 3.05) is 0 Å². The highest BCUT2D eigenvalue weighted by Crippen LogP contribution is 2.28. The number of Topliss-reactive ketones (excluding diaryl/α,β-unsaturated/α-hetero) is 1. The van der Waals surface area contributed by atoms with Crippen molar-refractivity contribution in [1.82, 2.24) is 0 Å². The van der Waals surface area contributed by atoms with Crippen LogP contribution in [0.2, 0.25) is 0 Å². The van der Waals surface area contributed by atoms with Gasteiger partial charge in [0.25, 0.3) is 0 Å². The van der Waals surface area contributed by atoms with Crippen LogP contribution in [-0.2, 0) is 11.2 Å². The zero-order chi connectivity index (χ0) is 13.0. The van der Waals surface area contributed by atoms with Gasteiger partial charge in [0.2, 0.25) is 0 Å². The zero-order valence-corrected chi connectivity index (χ0v) is 11.7. The molecule has 0 aliphatic heterocycles. The van der Waals surface area contributed by atoms with Crippen molar-refractivity contribution in [3.63, 3.8) is 0 Å². The largest absolute Gasteiger partial charge is 0.299 e. The number of carbonyl (C=O) groups excluding carboxylic acids is 1. The Hall–Kier alpha value is -1.11. The average Bonchev–Trinajstić information content (AvgIpc) is 2.84. The van der Waals surface area contributed by atoms with Crippen molar-refractivity contribution >= 4 is 5.78 Å². The van der Waals surface area contributed by atoms with Crippen LogP contribution in [0.15, 0.2) is 18.2 Å². The molecule has 1 aromatic rings. The molecule has 1 aromatic carbocycles. The Morgan fingerprint density at radius 1 is 1.17 bits per heavy atom. The fourth-order valence-electron chi connectivity index (χ4n) is 3.08. The van der Waals surface area contributed by atoms with Crippen molar-refractivity contribution in [3.8, 4) is 0 Å². The SMILES string of the molecule is Cc1cccc(C)c1CC(=O)CCC1CCCC1. The maximum atomic E-state index is 12.1. The molecule has 1 heteroatoms. The quantitative estimate of drug-likeness (QED) is 0.751. The minimum atomic E-state index is 0.416. The van der Waals surface area contributed by atoms with Crippen molar-refractivity contribution in [2.45, 2.75) is 58.8 Å². The van der Waals surface area contributed by atoms with Crippen LogP contribution < -0.4 is 0 Å². The molecule has 18 heavy (non-hydrogen) atoms. The van der Waals surface area contributed by atoms with E-state index in [2.05, 4.69) is 32.0 Å². The maximum Gasteiger partial charge on any atom is 0.137 e. The van der Waals surface area contributed by atoms with Crippen molar-refractivity contribution in [3.05, 3.63) is 34.9 Å². The number of hydrogen-bond donors (Lipinski definition) is 0. The summed E-state index contributed by atoms with van der Waals surface area (Å²) >= 11 is 0. The third-order valence-electron chi connectivity index (χ3n) is 4.32. The Morgan fingerprint density at radius 3 is 2.39 bits per heavy atom.